The van der Waals surface area contributed by atoms with E-state index in [1.807, 2.05) is 30.3 Å². The molecule has 4 nitrogen and oxygen atoms in total. The van der Waals surface area contributed by atoms with Gasteiger partial charge in [0.25, 0.3) is 5.91 Å². The minimum absolute atomic E-state index is 0.151. The molecule has 2 rings (SSSR count). The van der Waals surface area contributed by atoms with Crippen LogP contribution in [0.1, 0.15) is 22.0 Å². The van der Waals surface area contributed by atoms with E-state index in [1.54, 1.807) is 13.2 Å². The monoisotopic (exact) mass is 245 g/mol. The Morgan fingerprint density at radius 2 is 2.11 bits per heavy atom. The van der Waals surface area contributed by atoms with E-state index in [0.717, 1.165) is 5.56 Å². The lowest BCUT2D eigenvalue weighted by atomic mass is 10.1. The number of nitrogens with one attached hydrogen (secondary N) is 1. The quantitative estimate of drug-likeness (QED) is 0.880. The number of methoxy groups -OCH3 is 1. The molecule has 1 aromatic carbocycles. The van der Waals surface area contributed by atoms with E-state index in [-0.39, 0.29) is 12.0 Å². The molecule has 0 aliphatic carbocycles. The van der Waals surface area contributed by atoms with Gasteiger partial charge in [-0.2, -0.15) is 0 Å². The molecule has 1 N–H and O–H groups in total. The van der Waals surface area contributed by atoms with Crippen molar-refractivity contribution in [1.29, 1.82) is 0 Å². The van der Waals surface area contributed by atoms with E-state index < -0.39 is 0 Å². The molecule has 0 aliphatic rings. The average Bonchev–Trinajstić information content (AvgIpc) is 2.94. The van der Waals surface area contributed by atoms with E-state index in [9.17, 15) is 4.79 Å². The second-order valence-electron chi connectivity index (χ2n) is 3.86. The first-order valence-electron chi connectivity index (χ1n) is 5.69. The molecule has 18 heavy (non-hydrogen) atoms. The first-order chi connectivity index (χ1) is 8.81. The number of benzene rings is 1. The van der Waals surface area contributed by atoms with Crippen molar-refractivity contribution in [2.75, 3.05) is 13.7 Å². The number of hydrogen-bond acceptors (Lipinski definition) is 3. The van der Waals surface area contributed by atoms with Gasteiger partial charge in [-0.15, -0.1) is 0 Å². The Labute approximate surface area is 106 Å². The van der Waals surface area contributed by atoms with Crippen LogP contribution in [0.25, 0.3) is 0 Å². The number of carbonyl (C=O) groups excluding carboxylic acids is 1. The molecule has 1 heterocycles. The zero-order valence-electron chi connectivity index (χ0n) is 10.1. The van der Waals surface area contributed by atoms with Crippen LogP contribution in [0.5, 0.6) is 0 Å². The van der Waals surface area contributed by atoms with Gasteiger partial charge in [-0.3, -0.25) is 4.79 Å². The molecule has 0 radical (unpaired) electrons. The van der Waals surface area contributed by atoms with Gasteiger partial charge in [-0.25, -0.2) is 0 Å². The van der Waals surface area contributed by atoms with Crippen LogP contribution in [0, 0.1) is 0 Å². The molecular formula is C14H15NO3. The molecule has 94 valence electrons. The molecule has 1 aromatic heterocycles. The number of rotatable bonds is 5. The summed E-state index contributed by atoms with van der Waals surface area (Å²) < 4.78 is 10.2. The largest absolute Gasteiger partial charge is 0.472 e. The second-order valence-corrected chi connectivity index (χ2v) is 3.86. The van der Waals surface area contributed by atoms with Gasteiger partial charge >= 0.3 is 0 Å². The van der Waals surface area contributed by atoms with Crippen LogP contribution in [0.15, 0.2) is 53.3 Å². The van der Waals surface area contributed by atoms with Gasteiger partial charge in [0.2, 0.25) is 0 Å². The zero-order valence-corrected chi connectivity index (χ0v) is 10.1. The molecule has 2 aromatic rings. The fourth-order valence-corrected chi connectivity index (χ4v) is 1.69. The van der Waals surface area contributed by atoms with Crippen LogP contribution in [0.2, 0.25) is 0 Å². The van der Waals surface area contributed by atoms with Gasteiger partial charge in [0.1, 0.15) is 6.26 Å². The van der Waals surface area contributed by atoms with Crippen molar-refractivity contribution in [3.05, 3.63) is 60.1 Å². The number of ether oxygens (including phenoxy) is 1. The molecule has 0 aliphatic heterocycles. The van der Waals surface area contributed by atoms with Crippen molar-refractivity contribution in [2.45, 2.75) is 6.10 Å². The maximum Gasteiger partial charge on any atom is 0.254 e. The summed E-state index contributed by atoms with van der Waals surface area (Å²) in [6.45, 7) is 0.421. The van der Waals surface area contributed by atoms with Crippen LogP contribution in [0.4, 0.5) is 0 Å². The third-order valence-corrected chi connectivity index (χ3v) is 2.69. The van der Waals surface area contributed by atoms with Gasteiger partial charge in [-0.05, 0) is 11.6 Å². The molecular weight excluding hydrogens is 230 g/mol. The SMILES string of the molecule is COC(CNC(=O)c1ccoc1)c1ccccc1. The van der Waals surface area contributed by atoms with Gasteiger partial charge in [0.15, 0.2) is 0 Å². The first kappa shape index (κ1) is 12.4. The van der Waals surface area contributed by atoms with E-state index in [1.165, 1.54) is 12.5 Å². The Kier molecular flexibility index (Phi) is 4.15. The molecule has 1 atom stereocenters. The standard InChI is InChI=1S/C14H15NO3/c1-17-13(11-5-3-2-4-6-11)9-15-14(16)12-7-8-18-10-12/h2-8,10,13H,9H2,1H3,(H,15,16). The summed E-state index contributed by atoms with van der Waals surface area (Å²) in [4.78, 5) is 11.7. The lowest BCUT2D eigenvalue weighted by molar-refractivity contribution is 0.0827. The second kappa shape index (κ2) is 6.02. The van der Waals surface area contributed by atoms with E-state index in [0.29, 0.717) is 12.1 Å². The fourth-order valence-electron chi connectivity index (χ4n) is 1.69. The number of amides is 1. The fraction of sp³-hybridized carbons (Fsp3) is 0.214. The number of furan rings is 1. The predicted octanol–water partition coefficient (Wildman–Crippen LogP) is 2.40. The highest BCUT2D eigenvalue weighted by Gasteiger charge is 2.13. The lowest BCUT2D eigenvalue weighted by Gasteiger charge is -2.16. The van der Waals surface area contributed by atoms with Crippen molar-refractivity contribution >= 4 is 5.91 Å². The van der Waals surface area contributed by atoms with Crippen LogP contribution in [-0.4, -0.2) is 19.6 Å². The van der Waals surface area contributed by atoms with Crippen LogP contribution >= 0.6 is 0 Å². The highest BCUT2D eigenvalue weighted by atomic mass is 16.5. The van der Waals surface area contributed by atoms with Crippen molar-refractivity contribution in [3.8, 4) is 0 Å². The molecule has 1 unspecified atom stereocenters. The highest BCUT2D eigenvalue weighted by molar-refractivity contribution is 5.93. The minimum atomic E-state index is -0.165. The van der Waals surface area contributed by atoms with E-state index >= 15 is 0 Å². The maximum atomic E-state index is 11.7. The maximum absolute atomic E-state index is 11.7. The van der Waals surface area contributed by atoms with Crippen molar-refractivity contribution < 1.29 is 13.9 Å². The van der Waals surface area contributed by atoms with Gasteiger partial charge in [0, 0.05) is 13.7 Å². The average molecular weight is 245 g/mol. The topological polar surface area (TPSA) is 51.5 Å². The number of hydrogen-bond donors (Lipinski definition) is 1. The molecule has 1 amide bonds. The predicted molar refractivity (Wildman–Crippen MR) is 67.2 cm³/mol. The number of carbonyl (C=O) groups is 1. The van der Waals surface area contributed by atoms with Crippen LogP contribution in [0.3, 0.4) is 0 Å². The van der Waals surface area contributed by atoms with Gasteiger partial charge < -0.3 is 14.5 Å². The summed E-state index contributed by atoms with van der Waals surface area (Å²) in [7, 11) is 1.63. The normalized spacial score (nSPS) is 12.1. The van der Waals surface area contributed by atoms with Crippen LogP contribution < -0.4 is 5.32 Å². The van der Waals surface area contributed by atoms with Crippen molar-refractivity contribution in [2.24, 2.45) is 0 Å². The van der Waals surface area contributed by atoms with Gasteiger partial charge in [0.05, 0.1) is 17.9 Å². The molecule has 0 bridgehead atoms. The molecule has 0 spiro atoms. The van der Waals surface area contributed by atoms with E-state index in [2.05, 4.69) is 5.32 Å². The van der Waals surface area contributed by atoms with Gasteiger partial charge in [-0.1, -0.05) is 30.3 Å². The Morgan fingerprint density at radius 3 is 2.72 bits per heavy atom. The van der Waals surface area contributed by atoms with E-state index in [4.69, 9.17) is 9.15 Å². The summed E-state index contributed by atoms with van der Waals surface area (Å²) in [6.07, 6.45) is 2.74. The molecule has 0 saturated carbocycles. The Bertz CT molecular complexity index is 479. The third-order valence-electron chi connectivity index (χ3n) is 2.69. The minimum Gasteiger partial charge on any atom is -0.472 e. The first-order valence-corrected chi connectivity index (χ1v) is 5.69. The Hall–Kier alpha value is -2.07. The highest BCUT2D eigenvalue weighted by Crippen LogP contribution is 2.15. The van der Waals surface area contributed by atoms with Crippen LogP contribution in [-0.2, 0) is 4.74 Å². The van der Waals surface area contributed by atoms with Crippen molar-refractivity contribution in [1.82, 2.24) is 5.32 Å². The Morgan fingerprint density at radius 1 is 1.33 bits per heavy atom. The summed E-state index contributed by atoms with van der Waals surface area (Å²) in [5, 5.41) is 2.81. The van der Waals surface area contributed by atoms with Crippen molar-refractivity contribution in [3.63, 3.8) is 0 Å². The summed E-state index contributed by atoms with van der Waals surface area (Å²) >= 11 is 0. The lowest BCUT2D eigenvalue weighted by Crippen LogP contribution is -2.28. The molecule has 4 heteroatoms. The smallest absolute Gasteiger partial charge is 0.254 e. The third kappa shape index (κ3) is 2.99. The zero-order chi connectivity index (χ0) is 12.8. The summed E-state index contributed by atoms with van der Waals surface area (Å²) in [6, 6.07) is 11.4. The Balaban J connectivity index is 1.94. The summed E-state index contributed by atoms with van der Waals surface area (Å²) in [5.41, 5.74) is 1.55. The molecule has 0 saturated heterocycles. The summed E-state index contributed by atoms with van der Waals surface area (Å²) in [5.74, 6) is -0.165. The molecule has 0 fully saturated rings.